The Labute approximate surface area is 129 Å². The maximum atomic E-state index is 4.02. The summed E-state index contributed by atoms with van der Waals surface area (Å²) in [5.74, 6) is 0. The Morgan fingerprint density at radius 3 is 1.32 bits per heavy atom. The SMILES string of the molecule is Br[Te]1(Br)C(c2ccccc2)=CC=C1c1ccccc1. The van der Waals surface area contributed by atoms with Crippen molar-refractivity contribution in [3.05, 3.63) is 83.9 Å². The van der Waals surface area contributed by atoms with E-state index in [0.29, 0.717) is 0 Å². The van der Waals surface area contributed by atoms with Crippen molar-refractivity contribution in [3.8, 4) is 0 Å². The minimum absolute atomic E-state index is 1.31. The standard InChI is InChI=1S/C16H12Br2Te/c17-19(18)15(13-7-3-1-4-8-13)11-12-16(19)14-9-5-2-6-10-14/h1-12H. The topological polar surface area (TPSA) is 0 Å². The Bertz CT molecular complexity index is 585. The minimum atomic E-state index is -2.53. The van der Waals surface area contributed by atoms with E-state index >= 15 is 0 Å². The maximum absolute atomic E-state index is 4.02. The number of hydrogen-bond donors (Lipinski definition) is 0. The molecule has 0 bridgehead atoms. The third-order valence-corrected chi connectivity index (χ3v) is 17.7. The second-order valence-electron chi connectivity index (χ2n) is 4.26. The summed E-state index contributed by atoms with van der Waals surface area (Å²) in [5, 5.41) is 0. The van der Waals surface area contributed by atoms with Crippen LogP contribution in [0.4, 0.5) is 0 Å². The van der Waals surface area contributed by atoms with Gasteiger partial charge in [0.1, 0.15) is 0 Å². The fourth-order valence-electron chi connectivity index (χ4n) is 2.13. The Kier molecular flexibility index (Phi) is 4.01. The first-order valence-corrected chi connectivity index (χ1v) is 18.7. The predicted molar refractivity (Wildman–Crippen MR) is 92.4 cm³/mol. The van der Waals surface area contributed by atoms with E-state index in [1.165, 1.54) is 18.4 Å². The summed E-state index contributed by atoms with van der Waals surface area (Å²) in [4.78, 5) is 0. The zero-order valence-electron chi connectivity index (χ0n) is 10.1. The van der Waals surface area contributed by atoms with Gasteiger partial charge in [0.05, 0.1) is 0 Å². The Hall–Kier alpha value is -0.330. The van der Waals surface area contributed by atoms with Crippen LogP contribution in [0.25, 0.3) is 7.24 Å². The van der Waals surface area contributed by atoms with Crippen molar-refractivity contribution in [2.45, 2.75) is 0 Å². The van der Waals surface area contributed by atoms with Crippen molar-refractivity contribution in [2.75, 3.05) is 0 Å². The molecule has 0 unspecified atom stereocenters. The van der Waals surface area contributed by atoms with Crippen LogP contribution in [0.1, 0.15) is 11.1 Å². The molecular formula is C16H12Br2Te. The van der Waals surface area contributed by atoms with Crippen LogP contribution < -0.4 is 0 Å². The molecule has 2 aromatic rings. The Balaban J connectivity index is 1.99. The second kappa shape index (κ2) is 5.58. The molecule has 3 rings (SSSR count). The molecule has 1 heterocycles. The fourth-order valence-corrected chi connectivity index (χ4v) is 14.6. The summed E-state index contributed by atoms with van der Waals surface area (Å²) >= 11 is 5.51. The molecule has 0 atom stereocenters. The predicted octanol–water partition coefficient (Wildman–Crippen LogP) is 5.48. The van der Waals surface area contributed by atoms with Crippen LogP contribution >= 0.6 is 25.5 Å². The molecule has 19 heavy (non-hydrogen) atoms. The quantitative estimate of drug-likeness (QED) is 0.488. The van der Waals surface area contributed by atoms with E-state index in [9.17, 15) is 0 Å². The van der Waals surface area contributed by atoms with E-state index in [0.717, 1.165) is 0 Å². The molecule has 0 saturated heterocycles. The summed E-state index contributed by atoms with van der Waals surface area (Å²) in [6.07, 6.45) is 4.50. The third kappa shape index (κ3) is 2.62. The van der Waals surface area contributed by atoms with Crippen molar-refractivity contribution in [1.29, 1.82) is 0 Å². The average Bonchev–Trinajstić information content (AvgIpc) is 2.76. The average molecular weight is 492 g/mol. The van der Waals surface area contributed by atoms with Crippen molar-refractivity contribution >= 4 is 46.5 Å². The zero-order valence-corrected chi connectivity index (χ0v) is 15.6. The molecule has 96 valence electrons. The van der Waals surface area contributed by atoms with Crippen LogP contribution in [0.3, 0.4) is 0 Å². The van der Waals surface area contributed by atoms with Gasteiger partial charge in [-0.25, -0.2) is 0 Å². The van der Waals surface area contributed by atoms with E-state index < -0.39 is 13.8 Å². The van der Waals surface area contributed by atoms with Gasteiger partial charge >= 0.3 is 130 Å². The molecule has 0 fully saturated rings. The summed E-state index contributed by atoms with van der Waals surface area (Å²) in [7, 11) is 0. The van der Waals surface area contributed by atoms with Gasteiger partial charge in [0.2, 0.25) is 0 Å². The van der Waals surface area contributed by atoms with Gasteiger partial charge in [-0.15, -0.1) is 0 Å². The van der Waals surface area contributed by atoms with Crippen LogP contribution in [0, 0.1) is 0 Å². The first kappa shape index (κ1) is 13.6. The first-order chi connectivity index (χ1) is 9.19. The van der Waals surface area contributed by atoms with Crippen molar-refractivity contribution in [2.24, 2.45) is 0 Å². The van der Waals surface area contributed by atoms with Gasteiger partial charge in [-0.05, 0) is 0 Å². The molecule has 1 aliphatic heterocycles. The van der Waals surface area contributed by atoms with E-state index in [4.69, 9.17) is 0 Å². The van der Waals surface area contributed by atoms with Crippen LogP contribution in [0.5, 0.6) is 0 Å². The van der Waals surface area contributed by atoms with E-state index in [-0.39, 0.29) is 0 Å². The van der Waals surface area contributed by atoms with Gasteiger partial charge in [-0.1, -0.05) is 0 Å². The molecule has 0 N–H and O–H groups in total. The first-order valence-electron chi connectivity index (χ1n) is 5.95. The van der Waals surface area contributed by atoms with E-state index in [1.54, 1.807) is 0 Å². The summed E-state index contributed by atoms with van der Waals surface area (Å²) in [6.45, 7) is 0. The molecule has 3 heteroatoms. The number of benzene rings is 2. The van der Waals surface area contributed by atoms with Crippen molar-refractivity contribution < 1.29 is 0 Å². The molecule has 0 aliphatic carbocycles. The Morgan fingerprint density at radius 1 is 0.579 bits per heavy atom. The van der Waals surface area contributed by atoms with E-state index in [2.05, 4.69) is 98.3 Å². The van der Waals surface area contributed by atoms with Crippen LogP contribution in [0.15, 0.2) is 72.8 Å². The van der Waals surface area contributed by atoms with Crippen molar-refractivity contribution in [1.82, 2.24) is 0 Å². The molecule has 0 radical (unpaired) electrons. The summed E-state index contributed by atoms with van der Waals surface area (Å²) < 4.78 is 2.84. The Morgan fingerprint density at radius 2 is 0.947 bits per heavy atom. The number of hydrogen-bond acceptors (Lipinski definition) is 0. The molecule has 0 amide bonds. The number of halogens is 2. The number of rotatable bonds is 2. The molecule has 1 aliphatic rings. The van der Waals surface area contributed by atoms with Crippen LogP contribution in [-0.4, -0.2) is 13.8 Å². The van der Waals surface area contributed by atoms with Gasteiger partial charge in [0.25, 0.3) is 0 Å². The molecule has 0 saturated carbocycles. The zero-order chi connectivity index (χ0) is 13.3. The van der Waals surface area contributed by atoms with Gasteiger partial charge in [0, 0.05) is 0 Å². The fraction of sp³-hybridized carbons (Fsp3) is 0. The molecule has 0 nitrogen and oxygen atoms in total. The van der Waals surface area contributed by atoms with Gasteiger partial charge < -0.3 is 0 Å². The third-order valence-electron chi connectivity index (χ3n) is 3.06. The van der Waals surface area contributed by atoms with Gasteiger partial charge in [-0.3, -0.25) is 0 Å². The second-order valence-corrected chi connectivity index (χ2v) is 28.3. The molecule has 2 aromatic carbocycles. The molecule has 0 aromatic heterocycles. The van der Waals surface area contributed by atoms with Crippen LogP contribution in [-0.2, 0) is 0 Å². The van der Waals surface area contributed by atoms with Gasteiger partial charge in [-0.2, -0.15) is 0 Å². The monoisotopic (exact) mass is 492 g/mol. The van der Waals surface area contributed by atoms with Crippen LogP contribution in [0.2, 0.25) is 0 Å². The molecular weight excluding hydrogens is 480 g/mol. The summed E-state index contributed by atoms with van der Waals surface area (Å²) in [5.41, 5.74) is 2.61. The van der Waals surface area contributed by atoms with Gasteiger partial charge in [0.15, 0.2) is 0 Å². The van der Waals surface area contributed by atoms with Crippen molar-refractivity contribution in [3.63, 3.8) is 0 Å². The molecule has 0 spiro atoms. The normalized spacial score (nSPS) is 18.6. The number of allylic oxidation sites excluding steroid dienone is 2. The summed E-state index contributed by atoms with van der Waals surface area (Å²) in [6, 6.07) is 21.2. The van der Waals surface area contributed by atoms with E-state index in [1.807, 2.05) is 0 Å².